The molecule has 1 fully saturated rings. The molecule has 0 unspecified atom stereocenters. The Bertz CT molecular complexity index is 999. The number of rotatable bonds is 4. The molecule has 6 nitrogen and oxygen atoms in total. The van der Waals surface area contributed by atoms with Gasteiger partial charge in [-0.05, 0) is 30.7 Å². The number of hydrogen-bond donors (Lipinski definition) is 1. The predicted molar refractivity (Wildman–Crippen MR) is 99.0 cm³/mol. The van der Waals surface area contributed by atoms with Crippen LogP contribution in [0.1, 0.15) is 16.8 Å². The van der Waals surface area contributed by atoms with E-state index in [9.17, 15) is 18.0 Å². The van der Waals surface area contributed by atoms with E-state index in [0.717, 1.165) is 28.4 Å². The number of urea groups is 1. The molecule has 1 saturated heterocycles. The van der Waals surface area contributed by atoms with Gasteiger partial charge in [-0.25, -0.2) is 9.78 Å². The molecule has 2 aromatic heterocycles. The quantitative estimate of drug-likeness (QED) is 0.701. The molecule has 1 aliphatic rings. The zero-order valence-electron chi connectivity index (χ0n) is 14.8. The number of aromatic amines is 1. The summed E-state index contributed by atoms with van der Waals surface area (Å²) in [6.45, 7) is 2.83. The van der Waals surface area contributed by atoms with Crippen molar-refractivity contribution >= 4 is 22.5 Å². The molecule has 0 radical (unpaired) electrons. The molecule has 1 aromatic carbocycles. The number of halogens is 3. The molecule has 10 heteroatoms. The van der Waals surface area contributed by atoms with Gasteiger partial charge in [0, 0.05) is 25.8 Å². The van der Waals surface area contributed by atoms with E-state index in [1.807, 2.05) is 13.0 Å². The number of anilines is 1. The first-order valence-corrected chi connectivity index (χ1v) is 9.35. The summed E-state index contributed by atoms with van der Waals surface area (Å²) in [4.78, 5) is 21.2. The van der Waals surface area contributed by atoms with Crippen LogP contribution in [0.25, 0.3) is 10.6 Å². The molecule has 0 bridgehead atoms. The van der Waals surface area contributed by atoms with E-state index < -0.39 is 11.7 Å². The number of amides is 2. The Morgan fingerprint density at radius 3 is 2.79 bits per heavy atom. The summed E-state index contributed by atoms with van der Waals surface area (Å²) >= 11 is 1.37. The molecule has 0 aliphatic carbocycles. The molecule has 0 atom stereocenters. The van der Waals surface area contributed by atoms with Crippen molar-refractivity contribution in [1.82, 2.24) is 20.1 Å². The summed E-state index contributed by atoms with van der Waals surface area (Å²) in [5.41, 5.74) is 1.26. The molecule has 3 heterocycles. The van der Waals surface area contributed by atoms with Crippen molar-refractivity contribution in [3.63, 3.8) is 0 Å². The van der Waals surface area contributed by atoms with Gasteiger partial charge >= 0.3 is 12.2 Å². The van der Waals surface area contributed by atoms with Crippen molar-refractivity contribution in [3.05, 3.63) is 53.3 Å². The highest BCUT2D eigenvalue weighted by Gasteiger charge is 2.33. The van der Waals surface area contributed by atoms with E-state index in [1.54, 1.807) is 17.2 Å². The van der Waals surface area contributed by atoms with Crippen molar-refractivity contribution in [2.75, 3.05) is 18.0 Å². The fraction of sp³-hybridized carbons (Fsp3) is 0.278. The number of H-pyrrole nitrogens is 1. The van der Waals surface area contributed by atoms with Crippen LogP contribution in [0.5, 0.6) is 0 Å². The number of hydrogen-bond acceptors (Lipinski definition) is 4. The number of nitrogens with zero attached hydrogens (tertiary/aromatic N) is 4. The topological polar surface area (TPSA) is 65.1 Å². The van der Waals surface area contributed by atoms with Crippen molar-refractivity contribution in [3.8, 4) is 10.6 Å². The number of thiazole rings is 1. The van der Waals surface area contributed by atoms with Gasteiger partial charge in [0.15, 0.2) is 5.13 Å². The largest absolute Gasteiger partial charge is 0.416 e. The van der Waals surface area contributed by atoms with E-state index in [-0.39, 0.29) is 12.6 Å². The number of aromatic nitrogens is 3. The molecule has 1 aliphatic heterocycles. The van der Waals surface area contributed by atoms with Crippen LogP contribution in [0.15, 0.2) is 36.5 Å². The van der Waals surface area contributed by atoms with E-state index >= 15 is 0 Å². The second kappa shape index (κ2) is 6.93. The first-order valence-electron chi connectivity index (χ1n) is 8.53. The monoisotopic (exact) mass is 407 g/mol. The molecule has 0 saturated carbocycles. The molecule has 28 heavy (non-hydrogen) atoms. The summed E-state index contributed by atoms with van der Waals surface area (Å²) in [5, 5.41) is 7.46. The fourth-order valence-electron chi connectivity index (χ4n) is 3.10. The number of nitrogens with one attached hydrogen (secondary N) is 1. The van der Waals surface area contributed by atoms with Crippen LogP contribution in [0, 0.1) is 6.92 Å². The summed E-state index contributed by atoms with van der Waals surface area (Å²) in [6.07, 6.45) is -2.69. The number of carbonyl (C=O) groups excluding carboxylic acids is 1. The molecule has 1 N–H and O–H groups in total. The first kappa shape index (κ1) is 18.5. The van der Waals surface area contributed by atoms with Gasteiger partial charge in [-0.1, -0.05) is 23.5 Å². The third-order valence-electron chi connectivity index (χ3n) is 4.47. The lowest BCUT2D eigenvalue weighted by Crippen LogP contribution is -2.31. The standard InChI is InChI=1S/C18H16F3N5OS/c1-11-15(14-5-6-22-24-14)28-16(23-11)26-8-7-25(17(26)27)10-12-3-2-4-13(9-12)18(19,20)21/h2-6,9H,7-8,10H2,1H3,(H,22,24). The van der Waals surface area contributed by atoms with Crippen LogP contribution >= 0.6 is 11.3 Å². The van der Waals surface area contributed by atoms with Crippen LogP contribution in [0.4, 0.5) is 23.1 Å². The predicted octanol–water partition coefficient (Wildman–Crippen LogP) is 4.30. The van der Waals surface area contributed by atoms with Gasteiger partial charge in [0.1, 0.15) is 5.69 Å². The summed E-state index contributed by atoms with van der Waals surface area (Å²) < 4.78 is 38.7. The van der Waals surface area contributed by atoms with Crippen LogP contribution in [0.2, 0.25) is 0 Å². The van der Waals surface area contributed by atoms with Gasteiger partial charge in [-0.15, -0.1) is 0 Å². The smallest absolute Gasteiger partial charge is 0.318 e. The third-order valence-corrected chi connectivity index (χ3v) is 5.68. The Balaban J connectivity index is 1.51. The van der Waals surface area contributed by atoms with Crippen LogP contribution < -0.4 is 4.90 Å². The molecule has 2 amide bonds. The average molecular weight is 407 g/mol. The maximum atomic E-state index is 12.9. The van der Waals surface area contributed by atoms with Crippen LogP contribution in [-0.2, 0) is 12.7 Å². The van der Waals surface area contributed by atoms with Crippen molar-refractivity contribution in [2.24, 2.45) is 0 Å². The summed E-state index contributed by atoms with van der Waals surface area (Å²) in [5.74, 6) is 0. The molecular weight excluding hydrogens is 391 g/mol. The normalized spacial score (nSPS) is 14.9. The van der Waals surface area contributed by atoms with Gasteiger partial charge in [-0.2, -0.15) is 18.3 Å². The molecule has 0 spiro atoms. The SMILES string of the molecule is Cc1nc(N2CCN(Cc3cccc(C(F)(F)F)c3)C2=O)sc1-c1cc[nH]n1. The second-order valence-corrected chi connectivity index (χ2v) is 7.40. The molecule has 3 aromatic rings. The number of aryl methyl sites for hydroxylation is 1. The van der Waals surface area contributed by atoms with Crippen LogP contribution in [0.3, 0.4) is 0 Å². The lowest BCUT2D eigenvalue weighted by Gasteiger charge is -2.17. The minimum Gasteiger partial charge on any atom is -0.318 e. The Morgan fingerprint density at radius 1 is 1.25 bits per heavy atom. The van der Waals surface area contributed by atoms with E-state index in [2.05, 4.69) is 15.2 Å². The Hall–Kier alpha value is -2.88. The average Bonchev–Trinajstić information content (AvgIpc) is 3.36. The summed E-state index contributed by atoms with van der Waals surface area (Å²) in [7, 11) is 0. The fourth-order valence-corrected chi connectivity index (χ4v) is 4.15. The highest BCUT2D eigenvalue weighted by molar-refractivity contribution is 7.19. The minimum atomic E-state index is -4.40. The highest BCUT2D eigenvalue weighted by atomic mass is 32.1. The van der Waals surface area contributed by atoms with Gasteiger partial charge in [0.25, 0.3) is 0 Å². The first-order chi connectivity index (χ1) is 13.3. The van der Waals surface area contributed by atoms with Crippen molar-refractivity contribution in [1.29, 1.82) is 0 Å². The number of alkyl halides is 3. The highest BCUT2D eigenvalue weighted by Crippen LogP contribution is 2.35. The van der Waals surface area contributed by atoms with E-state index in [4.69, 9.17) is 0 Å². The maximum Gasteiger partial charge on any atom is 0.416 e. The summed E-state index contributed by atoms with van der Waals surface area (Å²) in [6, 6.07) is 6.62. The molecule has 4 rings (SSSR count). The van der Waals surface area contributed by atoms with Crippen molar-refractivity contribution in [2.45, 2.75) is 19.6 Å². The Morgan fingerprint density at radius 2 is 2.07 bits per heavy atom. The number of carbonyl (C=O) groups is 1. The lowest BCUT2D eigenvalue weighted by atomic mass is 10.1. The Kier molecular flexibility index (Phi) is 4.58. The second-order valence-electron chi connectivity index (χ2n) is 6.42. The third kappa shape index (κ3) is 3.47. The molecular formula is C18H16F3N5OS. The lowest BCUT2D eigenvalue weighted by molar-refractivity contribution is -0.137. The van der Waals surface area contributed by atoms with E-state index in [1.165, 1.54) is 22.3 Å². The van der Waals surface area contributed by atoms with Gasteiger partial charge in [0.2, 0.25) is 0 Å². The Labute approximate surface area is 162 Å². The minimum absolute atomic E-state index is 0.121. The maximum absolute atomic E-state index is 12.9. The zero-order valence-corrected chi connectivity index (χ0v) is 15.6. The van der Waals surface area contributed by atoms with Gasteiger partial charge < -0.3 is 4.90 Å². The van der Waals surface area contributed by atoms with Gasteiger partial charge in [0.05, 0.1) is 16.1 Å². The van der Waals surface area contributed by atoms with Crippen molar-refractivity contribution < 1.29 is 18.0 Å². The van der Waals surface area contributed by atoms with Gasteiger partial charge in [-0.3, -0.25) is 10.00 Å². The zero-order chi connectivity index (χ0) is 19.9. The van der Waals surface area contributed by atoms with E-state index in [0.29, 0.717) is 23.8 Å². The number of benzene rings is 1. The van der Waals surface area contributed by atoms with Crippen LogP contribution in [-0.4, -0.2) is 39.2 Å². The molecule has 146 valence electrons.